The minimum absolute atomic E-state index is 0.113. The number of benzene rings is 1. The second-order valence-corrected chi connectivity index (χ2v) is 7.77. The molecule has 0 aliphatic carbocycles. The molecule has 0 radical (unpaired) electrons. The Balaban J connectivity index is 2.81. The first kappa shape index (κ1) is 16.7. The monoisotopic (exact) mass is 299 g/mol. The van der Waals surface area contributed by atoms with E-state index in [0.29, 0.717) is 0 Å². The number of sulfonamides is 1. The number of aliphatic carboxylic acids is 1. The molecule has 0 spiro atoms. The Kier molecular flexibility index (Phi) is 5.30. The van der Waals surface area contributed by atoms with E-state index in [1.807, 2.05) is 6.07 Å². The molecule has 1 atom stereocenters. The van der Waals surface area contributed by atoms with Gasteiger partial charge in [-0.25, -0.2) is 13.1 Å². The molecular formula is C14H21NO4S. The molecular weight excluding hydrogens is 278 g/mol. The molecule has 0 unspecified atom stereocenters. The lowest BCUT2D eigenvalue weighted by Gasteiger charge is -2.21. The Morgan fingerprint density at radius 1 is 1.25 bits per heavy atom. The highest BCUT2D eigenvalue weighted by molar-refractivity contribution is 7.89. The Hall–Kier alpha value is -1.40. The van der Waals surface area contributed by atoms with Gasteiger partial charge in [0.2, 0.25) is 10.0 Å². The molecule has 0 fully saturated rings. The van der Waals surface area contributed by atoms with Gasteiger partial charge in [0.05, 0.1) is 5.75 Å². The average Bonchev–Trinajstić information content (AvgIpc) is 2.25. The molecule has 0 amide bonds. The highest BCUT2D eigenvalue weighted by Gasteiger charge is 2.28. The summed E-state index contributed by atoms with van der Waals surface area (Å²) in [5, 5.41) is 9.17. The van der Waals surface area contributed by atoms with E-state index in [4.69, 9.17) is 5.11 Å². The Bertz CT molecular complexity index is 546. The van der Waals surface area contributed by atoms with Crippen LogP contribution in [0.2, 0.25) is 0 Å². The van der Waals surface area contributed by atoms with Crippen LogP contribution < -0.4 is 4.72 Å². The number of hydrogen-bond donors (Lipinski definition) is 2. The zero-order valence-electron chi connectivity index (χ0n) is 12.0. The lowest BCUT2D eigenvalue weighted by Crippen LogP contribution is -2.44. The van der Waals surface area contributed by atoms with Crippen LogP contribution in [0.4, 0.5) is 0 Å². The van der Waals surface area contributed by atoms with Crippen molar-refractivity contribution in [3.05, 3.63) is 35.9 Å². The maximum absolute atomic E-state index is 12.0. The van der Waals surface area contributed by atoms with Crippen LogP contribution in [0, 0.1) is 5.41 Å². The van der Waals surface area contributed by atoms with Crippen LogP contribution in [0.25, 0.3) is 0 Å². The fourth-order valence-electron chi connectivity index (χ4n) is 1.86. The molecule has 6 heteroatoms. The van der Waals surface area contributed by atoms with Crippen molar-refractivity contribution >= 4 is 16.0 Å². The summed E-state index contributed by atoms with van der Waals surface area (Å²) in [7, 11) is -3.63. The van der Waals surface area contributed by atoms with Crippen LogP contribution in [0.5, 0.6) is 0 Å². The van der Waals surface area contributed by atoms with Crippen LogP contribution in [0.15, 0.2) is 30.3 Å². The molecule has 5 nitrogen and oxygen atoms in total. The summed E-state index contributed by atoms with van der Waals surface area (Å²) in [5.41, 5.74) is 0.347. The SMILES string of the molecule is CC(C)(C)CS(=O)(=O)N[C@@H](Cc1ccccc1)C(=O)O. The van der Waals surface area contributed by atoms with Gasteiger partial charge in [0.1, 0.15) is 6.04 Å². The van der Waals surface area contributed by atoms with Gasteiger partial charge in [-0.1, -0.05) is 51.1 Å². The topological polar surface area (TPSA) is 83.5 Å². The van der Waals surface area contributed by atoms with E-state index in [1.165, 1.54) is 0 Å². The van der Waals surface area contributed by atoms with Crippen molar-refractivity contribution in [1.82, 2.24) is 4.72 Å². The zero-order chi connectivity index (χ0) is 15.4. The molecule has 0 aliphatic rings. The number of hydrogen-bond acceptors (Lipinski definition) is 3. The second-order valence-electron chi connectivity index (χ2n) is 6.02. The van der Waals surface area contributed by atoms with Crippen LogP contribution in [-0.4, -0.2) is 31.3 Å². The van der Waals surface area contributed by atoms with E-state index in [1.54, 1.807) is 45.0 Å². The highest BCUT2D eigenvalue weighted by Crippen LogP contribution is 2.16. The largest absolute Gasteiger partial charge is 0.480 e. The van der Waals surface area contributed by atoms with Gasteiger partial charge in [-0.2, -0.15) is 0 Å². The van der Waals surface area contributed by atoms with Crippen LogP contribution >= 0.6 is 0 Å². The predicted octanol–water partition coefficient (Wildman–Crippen LogP) is 1.65. The third-order valence-electron chi connectivity index (χ3n) is 2.53. The highest BCUT2D eigenvalue weighted by atomic mass is 32.2. The summed E-state index contributed by atoms with van der Waals surface area (Å²) in [6, 6.07) is 7.80. The summed E-state index contributed by atoms with van der Waals surface area (Å²) >= 11 is 0. The van der Waals surface area contributed by atoms with Crippen molar-refractivity contribution in [3.63, 3.8) is 0 Å². The normalized spacial score (nSPS) is 13.9. The van der Waals surface area contributed by atoms with Gasteiger partial charge in [-0.15, -0.1) is 0 Å². The molecule has 2 N–H and O–H groups in total. The first-order valence-electron chi connectivity index (χ1n) is 6.36. The van der Waals surface area contributed by atoms with Crippen molar-refractivity contribution in [2.24, 2.45) is 5.41 Å². The molecule has 0 bridgehead atoms. The summed E-state index contributed by atoms with van der Waals surface area (Å²) in [6.45, 7) is 5.37. The van der Waals surface area contributed by atoms with Crippen LogP contribution in [-0.2, 0) is 21.2 Å². The maximum Gasteiger partial charge on any atom is 0.322 e. The maximum atomic E-state index is 12.0. The van der Waals surface area contributed by atoms with Crippen molar-refractivity contribution < 1.29 is 18.3 Å². The van der Waals surface area contributed by atoms with E-state index in [-0.39, 0.29) is 12.2 Å². The van der Waals surface area contributed by atoms with Gasteiger partial charge in [-0.05, 0) is 17.4 Å². The third-order valence-corrected chi connectivity index (χ3v) is 4.42. The first-order valence-corrected chi connectivity index (χ1v) is 8.01. The number of nitrogens with one attached hydrogen (secondary N) is 1. The molecule has 1 aromatic carbocycles. The van der Waals surface area contributed by atoms with Crippen LogP contribution in [0.3, 0.4) is 0 Å². The van der Waals surface area contributed by atoms with Gasteiger partial charge < -0.3 is 5.11 Å². The summed E-state index contributed by atoms with van der Waals surface area (Å²) < 4.78 is 26.2. The number of carboxylic acids is 1. The molecule has 0 saturated heterocycles. The Morgan fingerprint density at radius 3 is 2.25 bits per heavy atom. The van der Waals surface area contributed by atoms with E-state index in [0.717, 1.165) is 5.56 Å². The van der Waals surface area contributed by atoms with Gasteiger partial charge in [0.25, 0.3) is 0 Å². The van der Waals surface area contributed by atoms with E-state index < -0.39 is 27.4 Å². The molecule has 1 rings (SSSR count). The van der Waals surface area contributed by atoms with Crippen molar-refractivity contribution in [2.45, 2.75) is 33.2 Å². The molecule has 112 valence electrons. The van der Waals surface area contributed by atoms with E-state index in [2.05, 4.69) is 4.72 Å². The fraction of sp³-hybridized carbons (Fsp3) is 0.500. The molecule has 0 aromatic heterocycles. The lowest BCUT2D eigenvalue weighted by atomic mass is 10.0. The van der Waals surface area contributed by atoms with Gasteiger partial charge in [0.15, 0.2) is 0 Å². The van der Waals surface area contributed by atoms with Gasteiger partial charge >= 0.3 is 5.97 Å². The van der Waals surface area contributed by atoms with Crippen LogP contribution in [0.1, 0.15) is 26.3 Å². The number of carboxylic acid groups (broad SMARTS) is 1. The number of rotatable bonds is 6. The molecule has 1 aromatic rings. The average molecular weight is 299 g/mol. The second kappa shape index (κ2) is 6.37. The molecule has 0 heterocycles. The molecule has 20 heavy (non-hydrogen) atoms. The standard InChI is InChI=1S/C14H21NO4S/c1-14(2,3)10-20(18,19)15-12(13(16)17)9-11-7-5-4-6-8-11/h4-8,12,15H,9-10H2,1-3H3,(H,16,17)/t12-/m0/s1. The quantitative estimate of drug-likeness (QED) is 0.836. The minimum atomic E-state index is -3.63. The number of carbonyl (C=O) groups is 1. The summed E-state index contributed by atoms with van der Waals surface area (Å²) in [6.07, 6.45) is 0.125. The fourth-order valence-corrected chi connectivity index (χ4v) is 3.70. The van der Waals surface area contributed by atoms with Gasteiger partial charge in [0, 0.05) is 0 Å². The lowest BCUT2D eigenvalue weighted by molar-refractivity contribution is -0.138. The zero-order valence-corrected chi connectivity index (χ0v) is 12.8. The first-order chi connectivity index (χ1) is 9.09. The predicted molar refractivity (Wildman–Crippen MR) is 77.9 cm³/mol. The van der Waals surface area contributed by atoms with Crippen molar-refractivity contribution in [1.29, 1.82) is 0 Å². The van der Waals surface area contributed by atoms with Gasteiger partial charge in [-0.3, -0.25) is 4.79 Å². The van der Waals surface area contributed by atoms with Crippen molar-refractivity contribution in [2.75, 3.05) is 5.75 Å². The minimum Gasteiger partial charge on any atom is -0.480 e. The third kappa shape index (κ3) is 6.16. The Morgan fingerprint density at radius 2 is 1.80 bits per heavy atom. The van der Waals surface area contributed by atoms with E-state index in [9.17, 15) is 13.2 Å². The Labute approximate surface area is 120 Å². The summed E-state index contributed by atoms with van der Waals surface area (Å²) in [4.78, 5) is 11.2. The summed E-state index contributed by atoms with van der Waals surface area (Å²) in [5.74, 6) is -1.29. The van der Waals surface area contributed by atoms with E-state index >= 15 is 0 Å². The smallest absolute Gasteiger partial charge is 0.322 e. The molecule has 0 aliphatic heterocycles. The van der Waals surface area contributed by atoms with Crippen molar-refractivity contribution in [3.8, 4) is 0 Å². The molecule has 0 saturated carbocycles.